The normalized spacial score (nSPS) is 27.0. The molecule has 7 heteroatoms. The van der Waals surface area contributed by atoms with E-state index >= 15 is 0 Å². The number of aryl methyl sites for hydroxylation is 1. The summed E-state index contributed by atoms with van der Waals surface area (Å²) in [4.78, 5) is 13.5. The average Bonchev–Trinajstić information content (AvgIpc) is 2.99. The van der Waals surface area contributed by atoms with E-state index in [0.29, 0.717) is 5.56 Å². The highest BCUT2D eigenvalue weighted by molar-refractivity contribution is 6.66. The van der Waals surface area contributed by atoms with Crippen molar-refractivity contribution in [3.8, 4) is 5.75 Å². The highest BCUT2D eigenvalue weighted by Gasteiger charge is 2.54. The van der Waals surface area contributed by atoms with Gasteiger partial charge in [0.05, 0.1) is 24.5 Å². The zero-order chi connectivity index (χ0) is 21.5. The van der Waals surface area contributed by atoms with E-state index in [4.69, 9.17) is 14.0 Å². The largest absolute Gasteiger partial charge is 0.637 e. The van der Waals surface area contributed by atoms with Gasteiger partial charge in [-0.3, -0.25) is 0 Å². The van der Waals surface area contributed by atoms with Crippen molar-refractivity contribution in [3.05, 3.63) is 70.4 Å². The second-order valence-corrected chi connectivity index (χ2v) is 8.04. The van der Waals surface area contributed by atoms with Crippen LogP contribution >= 0.6 is 0 Å². The highest BCUT2D eigenvalue weighted by Crippen LogP contribution is 2.38. The Morgan fingerprint density at radius 3 is 2.60 bits per heavy atom. The van der Waals surface area contributed by atoms with Crippen LogP contribution in [0.25, 0.3) is 6.08 Å². The molecular formula is C23H27BFNO4. The third kappa shape index (κ3) is 3.32. The van der Waals surface area contributed by atoms with Gasteiger partial charge in [0.15, 0.2) is 0 Å². The minimum atomic E-state index is -1.98. The van der Waals surface area contributed by atoms with Gasteiger partial charge in [-0.15, -0.1) is 5.98 Å². The molecule has 0 saturated carbocycles. The number of carbonyl (C=O) groups excluding carboxylic acids is 1. The number of likely N-dealkylation sites (N-methyl/N-ethyl adjacent to an activating group) is 1. The Labute approximate surface area is 176 Å². The van der Waals surface area contributed by atoms with Crippen LogP contribution in [0.5, 0.6) is 5.75 Å². The molecule has 1 N–H and O–H groups in total. The third-order valence-corrected chi connectivity index (χ3v) is 6.22. The molecule has 158 valence electrons. The maximum absolute atomic E-state index is 14.6. The summed E-state index contributed by atoms with van der Waals surface area (Å²) < 4.78 is 32.6. The third-order valence-electron chi connectivity index (χ3n) is 6.22. The summed E-state index contributed by atoms with van der Waals surface area (Å²) in [5.74, 6) is 0.716. The summed E-state index contributed by atoms with van der Waals surface area (Å²) in [6.45, 7) is 4.04. The number of carbonyl (C=O) groups is 1. The van der Waals surface area contributed by atoms with Gasteiger partial charge < -0.3 is 18.9 Å². The SMILES string of the molecule is CCOC(=O)c1c(F)ccc2c1O[B-]1(C=C2)O[C@@H](c2ccc(C)cc2)[C@H](CC)[NH+]1C. The summed E-state index contributed by atoms with van der Waals surface area (Å²) in [6.07, 6.45) is 2.57. The second kappa shape index (κ2) is 7.89. The van der Waals surface area contributed by atoms with E-state index in [9.17, 15) is 9.18 Å². The van der Waals surface area contributed by atoms with Gasteiger partial charge in [-0.05, 0) is 38.0 Å². The summed E-state index contributed by atoms with van der Waals surface area (Å²) in [5, 5.41) is 0. The predicted molar refractivity (Wildman–Crippen MR) is 114 cm³/mol. The molecular weight excluding hydrogens is 384 g/mol. The molecule has 1 spiro atoms. The first-order valence-electron chi connectivity index (χ1n) is 10.5. The lowest BCUT2D eigenvalue weighted by Gasteiger charge is -2.40. The second-order valence-electron chi connectivity index (χ2n) is 8.04. The van der Waals surface area contributed by atoms with E-state index in [0.717, 1.165) is 16.8 Å². The predicted octanol–water partition coefficient (Wildman–Crippen LogP) is 3.26. The van der Waals surface area contributed by atoms with E-state index in [1.165, 1.54) is 11.6 Å². The van der Waals surface area contributed by atoms with Crippen molar-refractivity contribution < 1.29 is 28.0 Å². The van der Waals surface area contributed by atoms with Gasteiger partial charge in [-0.25, -0.2) is 9.18 Å². The van der Waals surface area contributed by atoms with Crippen LogP contribution in [0.1, 0.15) is 53.4 Å². The summed E-state index contributed by atoms with van der Waals surface area (Å²) in [6, 6.07) is 11.3. The monoisotopic (exact) mass is 411 g/mol. The van der Waals surface area contributed by atoms with Gasteiger partial charge in [-0.2, -0.15) is 0 Å². The Balaban J connectivity index is 1.74. The first kappa shape index (κ1) is 20.6. The van der Waals surface area contributed by atoms with Gasteiger partial charge in [0.1, 0.15) is 11.4 Å². The number of benzene rings is 2. The van der Waals surface area contributed by atoms with Crippen molar-refractivity contribution in [3.63, 3.8) is 0 Å². The molecule has 4 rings (SSSR count). The first-order chi connectivity index (χ1) is 14.4. The number of halogens is 1. The number of hydrogen-bond donors (Lipinski definition) is 1. The topological polar surface area (TPSA) is 49.2 Å². The van der Waals surface area contributed by atoms with E-state index in [1.807, 2.05) is 19.1 Å². The number of esters is 1. The van der Waals surface area contributed by atoms with Crippen LogP contribution in [0.15, 0.2) is 42.4 Å². The molecule has 2 aromatic rings. The van der Waals surface area contributed by atoms with Gasteiger partial charge in [0.2, 0.25) is 0 Å². The average molecular weight is 411 g/mol. The molecule has 2 aliphatic rings. The Hall–Kier alpha value is -2.64. The number of hydrogen-bond acceptors (Lipinski definition) is 4. The molecule has 30 heavy (non-hydrogen) atoms. The Kier molecular flexibility index (Phi) is 5.43. The molecule has 0 bridgehead atoms. The molecule has 0 aromatic heterocycles. The van der Waals surface area contributed by atoms with Crippen LogP contribution in [-0.4, -0.2) is 32.4 Å². The van der Waals surface area contributed by atoms with Crippen molar-refractivity contribution in [2.45, 2.75) is 39.3 Å². The van der Waals surface area contributed by atoms with Crippen LogP contribution in [0.2, 0.25) is 0 Å². The minimum absolute atomic E-state index is 0.151. The number of ether oxygens (including phenoxy) is 1. The first-order valence-corrected chi connectivity index (χ1v) is 10.5. The van der Waals surface area contributed by atoms with Crippen LogP contribution in [0, 0.1) is 12.7 Å². The molecule has 5 nitrogen and oxygen atoms in total. The smallest absolute Gasteiger partial charge is 0.548 e. The van der Waals surface area contributed by atoms with Crippen molar-refractivity contribution in [1.82, 2.24) is 0 Å². The maximum Gasteiger partial charge on any atom is 0.548 e. The molecule has 4 atom stereocenters. The fraction of sp³-hybridized carbons (Fsp3) is 0.348. The standard InChI is InChI=1S/C23H27BFNO4/c1-5-19-21(16-9-7-15(3)8-10-16)29-24(26(19)4)14-13-17-11-12-18(25)20(22(17)30-24)23(27)28-6-2/h7-14,19,21,26H,5-6H2,1-4H3/t19-,21-,24?/m0/s1. The van der Waals surface area contributed by atoms with E-state index in [-0.39, 0.29) is 30.1 Å². The number of rotatable bonds is 4. The molecule has 2 aliphatic heterocycles. The quantitative estimate of drug-likeness (QED) is 0.620. The molecule has 0 amide bonds. The number of fused-ring (bicyclic) bond motifs is 1. The van der Waals surface area contributed by atoms with E-state index < -0.39 is 18.5 Å². The summed E-state index contributed by atoms with van der Waals surface area (Å²) in [5.41, 5.74) is 2.72. The molecule has 1 saturated heterocycles. The number of quaternary nitrogens is 1. The molecule has 2 aromatic carbocycles. The fourth-order valence-corrected chi connectivity index (χ4v) is 4.55. The lowest BCUT2D eigenvalue weighted by Crippen LogP contribution is -3.22. The van der Waals surface area contributed by atoms with Gasteiger partial charge >= 0.3 is 12.7 Å². The van der Waals surface area contributed by atoms with Crippen LogP contribution in [0.4, 0.5) is 4.39 Å². The molecule has 1 fully saturated rings. The Bertz CT molecular complexity index is 993. The van der Waals surface area contributed by atoms with Gasteiger partial charge in [0.25, 0.3) is 0 Å². The lowest BCUT2D eigenvalue weighted by atomic mass is 9.67. The molecule has 2 heterocycles. The van der Waals surface area contributed by atoms with Crippen LogP contribution < -0.4 is 9.47 Å². The zero-order valence-corrected chi connectivity index (χ0v) is 17.8. The summed E-state index contributed by atoms with van der Waals surface area (Å²) in [7, 11) is 2.03. The fourth-order valence-electron chi connectivity index (χ4n) is 4.55. The van der Waals surface area contributed by atoms with Crippen molar-refractivity contribution in [2.24, 2.45) is 0 Å². The lowest BCUT2D eigenvalue weighted by molar-refractivity contribution is -0.804. The van der Waals surface area contributed by atoms with E-state index in [1.54, 1.807) is 13.0 Å². The van der Waals surface area contributed by atoms with Gasteiger partial charge in [-0.1, -0.05) is 42.8 Å². The minimum Gasteiger partial charge on any atom is -0.637 e. The number of nitrogens with one attached hydrogen (secondary N) is 1. The summed E-state index contributed by atoms with van der Waals surface area (Å²) >= 11 is 0. The molecule has 0 aliphatic carbocycles. The maximum atomic E-state index is 14.6. The Morgan fingerprint density at radius 2 is 1.93 bits per heavy atom. The van der Waals surface area contributed by atoms with Gasteiger partial charge in [0, 0.05) is 12.6 Å². The Morgan fingerprint density at radius 1 is 1.20 bits per heavy atom. The van der Waals surface area contributed by atoms with E-state index in [2.05, 4.69) is 38.1 Å². The van der Waals surface area contributed by atoms with Crippen molar-refractivity contribution >= 4 is 18.7 Å². The van der Waals surface area contributed by atoms with Crippen LogP contribution in [-0.2, 0) is 9.39 Å². The van der Waals surface area contributed by atoms with Crippen molar-refractivity contribution in [2.75, 3.05) is 13.7 Å². The molecule has 0 radical (unpaired) electrons. The van der Waals surface area contributed by atoms with Crippen molar-refractivity contribution in [1.29, 1.82) is 0 Å². The highest BCUT2D eigenvalue weighted by atomic mass is 19.1. The molecule has 2 unspecified atom stereocenters. The van der Waals surface area contributed by atoms with Crippen LogP contribution in [0.3, 0.4) is 0 Å². The zero-order valence-electron chi connectivity index (χ0n) is 17.8.